The van der Waals surface area contributed by atoms with E-state index in [1.165, 1.54) is 5.56 Å². The number of nitrogens with one attached hydrogen (secondary N) is 1. The fourth-order valence-corrected chi connectivity index (χ4v) is 3.77. The molecule has 2 heterocycles. The van der Waals surface area contributed by atoms with Crippen LogP contribution in [-0.4, -0.2) is 65.6 Å². The molecule has 0 amide bonds. The zero-order valence-electron chi connectivity index (χ0n) is 17.8. The number of rotatable bonds is 5. The highest BCUT2D eigenvalue weighted by atomic mass is 16.5. The number of hydrogen-bond donors (Lipinski definition) is 3. The highest BCUT2D eigenvalue weighted by Crippen LogP contribution is 2.26. The average molecular weight is 444 g/mol. The van der Waals surface area contributed by atoms with Gasteiger partial charge < -0.3 is 24.8 Å². The van der Waals surface area contributed by atoms with Gasteiger partial charge in [0.05, 0.1) is 24.8 Å². The quantitative estimate of drug-likeness (QED) is 0.578. The minimum Gasteiger partial charge on any atom is -0.483 e. The van der Waals surface area contributed by atoms with Crippen molar-refractivity contribution in [3.63, 3.8) is 0 Å². The Bertz CT molecular complexity index is 883. The van der Waals surface area contributed by atoms with Gasteiger partial charge in [0.15, 0.2) is 0 Å². The highest BCUT2D eigenvalue weighted by molar-refractivity contribution is 5.37. The molecule has 3 N–H and O–H groups in total. The first-order chi connectivity index (χ1) is 15.7. The van der Waals surface area contributed by atoms with E-state index in [4.69, 9.17) is 29.1 Å². The van der Waals surface area contributed by atoms with Crippen molar-refractivity contribution in [3.05, 3.63) is 52.4 Å². The van der Waals surface area contributed by atoms with Crippen LogP contribution < -0.4 is 5.32 Å². The van der Waals surface area contributed by atoms with E-state index in [2.05, 4.69) is 21.4 Å². The zero-order chi connectivity index (χ0) is 23.2. The summed E-state index contributed by atoms with van der Waals surface area (Å²) in [6, 6.07) is 10.4. The number of nitrogens with zero attached hydrogens (tertiary/aromatic N) is 3. The first-order valence-electron chi connectivity index (χ1n) is 10.3. The van der Waals surface area contributed by atoms with E-state index in [0.717, 1.165) is 74.7 Å². The van der Waals surface area contributed by atoms with E-state index in [1.54, 1.807) is 0 Å². The van der Waals surface area contributed by atoms with Gasteiger partial charge in [-0.1, -0.05) is 23.4 Å². The second-order valence-electron chi connectivity index (χ2n) is 7.22. The fourth-order valence-electron chi connectivity index (χ4n) is 3.77. The average Bonchev–Trinajstić information content (AvgIpc) is 3.21. The number of aryl methyl sites for hydroxylation is 1. The van der Waals surface area contributed by atoms with Crippen molar-refractivity contribution in [1.82, 2.24) is 15.4 Å². The molecule has 1 aliphatic heterocycles. The molecule has 2 aromatic rings. The number of ether oxygens (including phenoxy) is 1. The van der Waals surface area contributed by atoms with Gasteiger partial charge in [-0.05, 0) is 24.5 Å². The Hall–Kier alpha value is -3.26. The Balaban J connectivity index is 0.000000547. The molecule has 1 atom stereocenters. The van der Waals surface area contributed by atoms with Gasteiger partial charge in [0.1, 0.15) is 11.5 Å². The molecule has 1 fully saturated rings. The first-order valence-corrected chi connectivity index (χ1v) is 10.3. The number of carboxylic acid groups (broad SMARTS) is 2. The summed E-state index contributed by atoms with van der Waals surface area (Å²) in [4.78, 5) is 19.1. The van der Waals surface area contributed by atoms with E-state index in [1.807, 2.05) is 24.3 Å². The first kappa shape index (κ1) is 25.0. The number of fused-ring (bicyclic) bond motifs is 1. The van der Waals surface area contributed by atoms with E-state index >= 15 is 0 Å². The normalized spacial score (nSPS) is 17.4. The molecule has 0 radical (unpaired) electrons. The second-order valence-corrected chi connectivity index (χ2v) is 7.22. The van der Waals surface area contributed by atoms with E-state index in [-0.39, 0.29) is 12.9 Å². The van der Waals surface area contributed by atoms with Crippen molar-refractivity contribution in [2.45, 2.75) is 38.4 Å². The smallest absolute Gasteiger partial charge is 0.290 e. The van der Waals surface area contributed by atoms with Gasteiger partial charge in [-0.15, -0.1) is 0 Å². The molecule has 1 saturated heterocycles. The Morgan fingerprint density at radius 2 is 1.91 bits per heavy atom. The van der Waals surface area contributed by atoms with Crippen LogP contribution in [0.3, 0.4) is 0 Å². The van der Waals surface area contributed by atoms with Crippen LogP contribution in [0.2, 0.25) is 0 Å². The molecule has 10 heteroatoms. The summed E-state index contributed by atoms with van der Waals surface area (Å²) < 4.78 is 11.0. The lowest BCUT2D eigenvalue weighted by molar-refractivity contribution is -0.123. The van der Waals surface area contributed by atoms with Gasteiger partial charge in [0, 0.05) is 44.2 Å². The summed E-state index contributed by atoms with van der Waals surface area (Å²) in [6.45, 7) is 4.55. The van der Waals surface area contributed by atoms with Crippen molar-refractivity contribution in [2.75, 3.05) is 26.3 Å². The van der Waals surface area contributed by atoms with Gasteiger partial charge >= 0.3 is 0 Å². The largest absolute Gasteiger partial charge is 0.483 e. The number of aromatic nitrogens is 1. The second kappa shape index (κ2) is 13.9. The molecule has 10 nitrogen and oxygen atoms in total. The summed E-state index contributed by atoms with van der Waals surface area (Å²) in [5, 5.41) is 31.0. The lowest BCUT2D eigenvalue weighted by Crippen LogP contribution is -2.37. The molecule has 4 rings (SSSR count). The summed E-state index contributed by atoms with van der Waals surface area (Å²) in [5.74, 6) is 1.05. The summed E-state index contributed by atoms with van der Waals surface area (Å²) in [6.07, 6.45) is 2.89. The van der Waals surface area contributed by atoms with Gasteiger partial charge in [-0.3, -0.25) is 14.5 Å². The van der Waals surface area contributed by atoms with Gasteiger partial charge in [-0.25, -0.2) is 0 Å². The topological polar surface area (TPSA) is 149 Å². The van der Waals surface area contributed by atoms with Gasteiger partial charge in [0.2, 0.25) is 0 Å². The lowest BCUT2D eigenvalue weighted by atomic mass is 9.91. The molecule has 1 aromatic carbocycles. The third-order valence-corrected chi connectivity index (χ3v) is 5.32. The number of nitriles is 1. The molecule has 32 heavy (non-hydrogen) atoms. The Morgan fingerprint density at radius 1 is 1.22 bits per heavy atom. The summed E-state index contributed by atoms with van der Waals surface area (Å²) in [5.41, 5.74) is 4.15. The Labute approximate surface area is 186 Å². The van der Waals surface area contributed by atoms with E-state index in [9.17, 15) is 5.26 Å². The van der Waals surface area contributed by atoms with Crippen LogP contribution in [-0.2, 0) is 40.3 Å². The van der Waals surface area contributed by atoms with E-state index in [0.29, 0.717) is 12.6 Å². The number of morpholine rings is 1. The third-order valence-electron chi connectivity index (χ3n) is 5.32. The molecule has 172 valence electrons. The summed E-state index contributed by atoms with van der Waals surface area (Å²) >= 11 is 0. The van der Waals surface area contributed by atoms with Crippen LogP contribution in [0.5, 0.6) is 0 Å². The minimum absolute atomic E-state index is 0.250. The third kappa shape index (κ3) is 7.46. The van der Waals surface area contributed by atoms with E-state index < -0.39 is 0 Å². The van der Waals surface area contributed by atoms with Crippen molar-refractivity contribution in [3.8, 4) is 6.07 Å². The van der Waals surface area contributed by atoms with Crippen molar-refractivity contribution < 1.29 is 29.1 Å². The van der Waals surface area contributed by atoms with Crippen LogP contribution in [0.25, 0.3) is 0 Å². The SMILES string of the molecule is N#Cc1ccccc1CNC1CCc2onc(CN3CCOCC3)c2C1.O=CO.O=CO. The molecule has 0 spiro atoms. The van der Waals surface area contributed by atoms with Crippen LogP contribution in [0.15, 0.2) is 28.8 Å². The Morgan fingerprint density at radius 3 is 2.59 bits per heavy atom. The molecule has 0 saturated carbocycles. The van der Waals surface area contributed by atoms with Crippen LogP contribution >= 0.6 is 0 Å². The maximum atomic E-state index is 9.24. The number of hydrogen-bond acceptors (Lipinski definition) is 8. The molecule has 0 bridgehead atoms. The van der Waals surface area contributed by atoms with Gasteiger partial charge in [-0.2, -0.15) is 5.26 Å². The molecular weight excluding hydrogens is 416 g/mol. The van der Waals surface area contributed by atoms with Crippen LogP contribution in [0.4, 0.5) is 0 Å². The predicted octanol–water partition coefficient (Wildman–Crippen LogP) is 1.43. The predicted molar refractivity (Wildman–Crippen MR) is 114 cm³/mol. The summed E-state index contributed by atoms with van der Waals surface area (Å²) in [7, 11) is 0. The Kier molecular flexibility index (Phi) is 10.9. The van der Waals surface area contributed by atoms with Crippen LogP contribution in [0.1, 0.15) is 34.6 Å². The molecular formula is C22H28N4O6. The van der Waals surface area contributed by atoms with Crippen LogP contribution in [0, 0.1) is 11.3 Å². The number of carbonyl (C=O) groups is 2. The maximum absolute atomic E-state index is 9.24. The van der Waals surface area contributed by atoms with Crippen molar-refractivity contribution in [2.24, 2.45) is 0 Å². The number of benzene rings is 1. The lowest BCUT2D eigenvalue weighted by Gasteiger charge is -2.27. The monoisotopic (exact) mass is 444 g/mol. The maximum Gasteiger partial charge on any atom is 0.290 e. The zero-order valence-corrected chi connectivity index (χ0v) is 17.8. The highest BCUT2D eigenvalue weighted by Gasteiger charge is 2.26. The minimum atomic E-state index is -0.250. The standard InChI is InChI=1S/C20H24N4O2.2CH2O2/c21-12-15-3-1-2-4-16(15)13-22-17-5-6-20-18(11-17)19(23-26-20)14-24-7-9-25-10-8-24;2*2-1-3/h1-4,17,22H,5-11,13-14H2;2*1H,(H,2,3). The fraction of sp³-hybridized carbons (Fsp3) is 0.455. The molecule has 1 aromatic heterocycles. The molecule has 1 unspecified atom stereocenters. The van der Waals surface area contributed by atoms with Crippen molar-refractivity contribution in [1.29, 1.82) is 5.26 Å². The van der Waals surface area contributed by atoms with Gasteiger partial charge in [0.25, 0.3) is 12.9 Å². The molecule has 1 aliphatic carbocycles. The van der Waals surface area contributed by atoms with Crippen molar-refractivity contribution >= 4 is 12.9 Å². The molecule has 2 aliphatic rings.